The molecule has 1 saturated heterocycles. The number of amides is 1. The number of nitrogens with one attached hydrogen (secondary N) is 1. The van der Waals surface area contributed by atoms with E-state index in [1.165, 1.54) is 0 Å². The predicted molar refractivity (Wildman–Crippen MR) is 96.5 cm³/mol. The first-order valence-electron chi connectivity index (χ1n) is 8.46. The topological polar surface area (TPSA) is 75.9 Å². The van der Waals surface area contributed by atoms with Gasteiger partial charge in [0.1, 0.15) is 0 Å². The van der Waals surface area contributed by atoms with Crippen LogP contribution in [0.15, 0.2) is 12.1 Å². The Morgan fingerprint density at radius 1 is 1.36 bits per heavy atom. The van der Waals surface area contributed by atoms with Gasteiger partial charge in [-0.15, -0.1) is 10.2 Å². The van der Waals surface area contributed by atoms with Gasteiger partial charge in [-0.1, -0.05) is 11.6 Å². The lowest BCUT2D eigenvalue weighted by Crippen LogP contribution is -2.43. The molecule has 7 nitrogen and oxygen atoms in total. The Labute approximate surface area is 152 Å². The Morgan fingerprint density at radius 3 is 2.80 bits per heavy atom. The summed E-state index contributed by atoms with van der Waals surface area (Å²) in [5.74, 6) is 0.790. The van der Waals surface area contributed by atoms with E-state index in [0.29, 0.717) is 18.2 Å². The van der Waals surface area contributed by atoms with E-state index in [2.05, 4.69) is 25.5 Å². The number of aromatic nitrogens is 4. The first-order valence-corrected chi connectivity index (χ1v) is 8.84. The second-order valence-corrected chi connectivity index (χ2v) is 6.88. The molecule has 0 radical (unpaired) electrons. The van der Waals surface area contributed by atoms with E-state index in [9.17, 15) is 4.79 Å². The van der Waals surface area contributed by atoms with Crippen LogP contribution in [0.3, 0.4) is 0 Å². The molecule has 8 heteroatoms. The molecular formula is C17H23ClN6O. The van der Waals surface area contributed by atoms with Crippen LogP contribution < -0.4 is 10.2 Å². The third kappa shape index (κ3) is 3.92. The summed E-state index contributed by atoms with van der Waals surface area (Å²) < 4.78 is 1.85. The smallest absolute Gasteiger partial charge is 0.225 e. The number of rotatable bonds is 4. The highest BCUT2D eigenvalue weighted by Gasteiger charge is 2.27. The molecule has 0 bridgehead atoms. The van der Waals surface area contributed by atoms with Crippen molar-refractivity contribution in [3.05, 3.63) is 34.2 Å². The highest BCUT2D eigenvalue weighted by molar-refractivity contribution is 6.29. The molecule has 3 rings (SSSR count). The fraction of sp³-hybridized carbons (Fsp3) is 0.529. The highest BCUT2D eigenvalue weighted by Crippen LogP contribution is 2.22. The van der Waals surface area contributed by atoms with Crippen LogP contribution in [0, 0.1) is 19.8 Å². The van der Waals surface area contributed by atoms with Gasteiger partial charge in [0.25, 0.3) is 0 Å². The number of halogens is 1. The molecule has 1 aliphatic heterocycles. The van der Waals surface area contributed by atoms with Crippen LogP contribution in [0.25, 0.3) is 0 Å². The zero-order valence-corrected chi connectivity index (χ0v) is 15.5. The van der Waals surface area contributed by atoms with Crippen molar-refractivity contribution in [2.24, 2.45) is 13.0 Å². The average Bonchev–Trinajstić information content (AvgIpc) is 2.85. The molecular weight excluding hydrogens is 340 g/mol. The predicted octanol–water partition coefficient (Wildman–Crippen LogP) is 2.01. The van der Waals surface area contributed by atoms with Crippen molar-refractivity contribution in [1.29, 1.82) is 0 Å². The molecule has 1 aliphatic rings. The Morgan fingerprint density at radius 2 is 2.16 bits per heavy atom. The van der Waals surface area contributed by atoms with E-state index in [1.807, 2.05) is 31.6 Å². The molecule has 134 valence electrons. The van der Waals surface area contributed by atoms with Crippen molar-refractivity contribution >= 4 is 23.3 Å². The number of nitrogens with zero attached hydrogens (tertiary/aromatic N) is 5. The molecule has 25 heavy (non-hydrogen) atoms. The fourth-order valence-electron chi connectivity index (χ4n) is 3.27. The van der Waals surface area contributed by atoms with Crippen LogP contribution in [0.4, 0.5) is 5.82 Å². The summed E-state index contributed by atoms with van der Waals surface area (Å²) in [6, 6.07) is 3.57. The van der Waals surface area contributed by atoms with Crippen LogP contribution in [-0.4, -0.2) is 39.0 Å². The summed E-state index contributed by atoms with van der Waals surface area (Å²) in [6.45, 7) is 6.02. The Balaban J connectivity index is 1.61. The van der Waals surface area contributed by atoms with E-state index in [0.717, 1.165) is 42.2 Å². The Kier molecular flexibility index (Phi) is 5.22. The van der Waals surface area contributed by atoms with Gasteiger partial charge in [0.05, 0.1) is 11.6 Å². The third-order valence-corrected chi connectivity index (χ3v) is 5.03. The standard InChI is InChI=1S/C17H23ClN6O/c1-11-14(12(2)23(3)22-11)9-19-17(25)13-5-4-8-24(10-13)16-7-6-15(18)20-21-16/h6-7,13H,4-5,8-10H2,1-3H3,(H,19,25)/t13-/m0/s1. The monoisotopic (exact) mass is 362 g/mol. The number of carbonyl (C=O) groups is 1. The second-order valence-electron chi connectivity index (χ2n) is 6.49. The normalized spacial score (nSPS) is 17.6. The number of aryl methyl sites for hydroxylation is 2. The van der Waals surface area contributed by atoms with Gasteiger partial charge in [-0.2, -0.15) is 5.10 Å². The van der Waals surface area contributed by atoms with Gasteiger partial charge >= 0.3 is 0 Å². The summed E-state index contributed by atoms with van der Waals surface area (Å²) in [7, 11) is 1.92. The molecule has 2 aromatic rings. The Bertz CT molecular complexity index is 757. The lowest BCUT2D eigenvalue weighted by molar-refractivity contribution is -0.125. The van der Waals surface area contributed by atoms with Gasteiger partial charge < -0.3 is 10.2 Å². The maximum absolute atomic E-state index is 12.6. The molecule has 1 N–H and O–H groups in total. The van der Waals surface area contributed by atoms with Crippen molar-refractivity contribution in [3.8, 4) is 0 Å². The van der Waals surface area contributed by atoms with Gasteiger partial charge in [0, 0.05) is 37.9 Å². The number of hydrogen-bond acceptors (Lipinski definition) is 5. The second kappa shape index (κ2) is 7.39. The minimum Gasteiger partial charge on any atom is -0.354 e. The molecule has 0 aromatic carbocycles. The average molecular weight is 363 g/mol. The molecule has 0 aliphatic carbocycles. The lowest BCUT2D eigenvalue weighted by atomic mass is 9.97. The number of carbonyl (C=O) groups excluding carboxylic acids is 1. The van der Waals surface area contributed by atoms with Crippen LogP contribution >= 0.6 is 11.6 Å². The van der Waals surface area contributed by atoms with Crippen molar-refractivity contribution in [3.63, 3.8) is 0 Å². The number of anilines is 1. The SMILES string of the molecule is Cc1nn(C)c(C)c1CNC(=O)[C@H]1CCCN(c2ccc(Cl)nn2)C1. The molecule has 2 aromatic heterocycles. The van der Waals surface area contributed by atoms with E-state index in [1.54, 1.807) is 6.07 Å². The lowest BCUT2D eigenvalue weighted by Gasteiger charge is -2.32. The minimum absolute atomic E-state index is 0.0523. The van der Waals surface area contributed by atoms with Crippen molar-refractivity contribution in [2.75, 3.05) is 18.0 Å². The largest absolute Gasteiger partial charge is 0.354 e. The van der Waals surface area contributed by atoms with Crippen molar-refractivity contribution in [1.82, 2.24) is 25.3 Å². The zero-order valence-electron chi connectivity index (χ0n) is 14.8. The van der Waals surface area contributed by atoms with Crippen LogP contribution in [0.1, 0.15) is 29.8 Å². The van der Waals surface area contributed by atoms with Gasteiger partial charge in [-0.3, -0.25) is 9.48 Å². The van der Waals surface area contributed by atoms with Crippen LogP contribution in [0.5, 0.6) is 0 Å². The summed E-state index contributed by atoms with van der Waals surface area (Å²) in [6.07, 6.45) is 1.84. The molecule has 1 fully saturated rings. The van der Waals surface area contributed by atoms with Crippen molar-refractivity contribution < 1.29 is 4.79 Å². The van der Waals surface area contributed by atoms with Gasteiger partial charge in [0.15, 0.2) is 11.0 Å². The summed E-state index contributed by atoms with van der Waals surface area (Å²) in [5.41, 5.74) is 3.13. The van der Waals surface area contributed by atoms with Gasteiger partial charge in [-0.05, 0) is 38.8 Å². The third-order valence-electron chi connectivity index (χ3n) is 4.83. The first kappa shape index (κ1) is 17.7. The minimum atomic E-state index is -0.0523. The molecule has 1 atom stereocenters. The fourth-order valence-corrected chi connectivity index (χ4v) is 3.37. The molecule has 0 spiro atoms. The van der Waals surface area contributed by atoms with Crippen LogP contribution in [-0.2, 0) is 18.4 Å². The van der Waals surface area contributed by atoms with E-state index in [4.69, 9.17) is 11.6 Å². The van der Waals surface area contributed by atoms with Gasteiger partial charge in [-0.25, -0.2) is 0 Å². The molecule has 3 heterocycles. The van der Waals surface area contributed by atoms with E-state index >= 15 is 0 Å². The first-order chi connectivity index (χ1) is 12.0. The maximum Gasteiger partial charge on any atom is 0.225 e. The molecule has 0 saturated carbocycles. The van der Waals surface area contributed by atoms with Gasteiger partial charge in [0.2, 0.25) is 5.91 Å². The van der Waals surface area contributed by atoms with Crippen LogP contribution in [0.2, 0.25) is 5.15 Å². The summed E-state index contributed by atoms with van der Waals surface area (Å²) in [4.78, 5) is 14.7. The van der Waals surface area contributed by atoms with E-state index < -0.39 is 0 Å². The number of piperidine rings is 1. The van der Waals surface area contributed by atoms with E-state index in [-0.39, 0.29) is 11.8 Å². The molecule has 0 unspecified atom stereocenters. The quantitative estimate of drug-likeness (QED) is 0.900. The summed E-state index contributed by atoms with van der Waals surface area (Å²) >= 11 is 5.79. The Hall–Kier alpha value is -2.15. The summed E-state index contributed by atoms with van der Waals surface area (Å²) in [5, 5.41) is 15.8. The number of hydrogen-bond donors (Lipinski definition) is 1. The van der Waals surface area contributed by atoms with Crippen molar-refractivity contribution in [2.45, 2.75) is 33.2 Å². The molecule has 1 amide bonds. The maximum atomic E-state index is 12.6. The zero-order chi connectivity index (χ0) is 18.0. The highest BCUT2D eigenvalue weighted by atomic mass is 35.5.